The van der Waals surface area contributed by atoms with Crippen LogP contribution in [0.4, 0.5) is 0 Å². The van der Waals surface area contributed by atoms with Gasteiger partial charge >= 0.3 is 51.4 Å². The molecule has 1 heterocycles. The minimum Gasteiger partial charge on any atom is -0.650 e. The first-order chi connectivity index (χ1) is 5.34. The van der Waals surface area contributed by atoms with Crippen LogP contribution in [0.5, 0.6) is 0 Å². The van der Waals surface area contributed by atoms with E-state index in [0.29, 0.717) is 6.61 Å². The Hall–Kier alpha value is 1.07. The molecule has 1 aliphatic heterocycles. The van der Waals surface area contributed by atoms with Gasteiger partial charge in [-0.1, -0.05) is 19.3 Å². The molecule has 4 heteroatoms. The third-order valence-corrected chi connectivity index (χ3v) is 1.79. The molecule has 64 valence electrons. The molecule has 0 radical (unpaired) electrons. The molecule has 0 aliphatic carbocycles. The topological polar surface area (TPSA) is 40.4 Å². The van der Waals surface area contributed by atoms with Crippen LogP contribution in [0, 0.1) is 0 Å². The third kappa shape index (κ3) is 4.34. The van der Waals surface area contributed by atoms with Crippen LogP contribution in [0.3, 0.4) is 0 Å². The van der Waals surface area contributed by atoms with Gasteiger partial charge in [-0.2, -0.15) is 0 Å². The van der Waals surface area contributed by atoms with E-state index in [2.05, 4.69) is 5.32 Å². The fourth-order valence-corrected chi connectivity index (χ4v) is 1.22. The van der Waals surface area contributed by atoms with Crippen LogP contribution in [0.1, 0.15) is 26.2 Å². The minimum absolute atomic E-state index is 0. The molecule has 1 aliphatic rings. The van der Waals surface area contributed by atoms with Crippen LogP contribution < -0.4 is 51.4 Å². The maximum absolute atomic E-state index is 11.1. The number of rotatable bonds is 2. The molecule has 1 rings (SSSR count). The fraction of sp³-hybridized carbons (Fsp3) is 0.875. The van der Waals surface area contributed by atoms with Gasteiger partial charge in [0, 0.05) is 0 Å². The molecule has 0 saturated carbocycles. The molecule has 1 atom stereocenters. The second-order valence-corrected chi connectivity index (χ2v) is 2.67. The standard InChI is InChI=1S/C8H14NO2.K/c1-2-11-8(10)7-5-3-4-6-9-7;/h7H,2-6H2,1H3;/q-1;+1. The second-order valence-electron chi connectivity index (χ2n) is 2.67. The Morgan fingerprint density at radius 3 is 2.83 bits per heavy atom. The van der Waals surface area contributed by atoms with Crippen molar-refractivity contribution < 1.29 is 60.9 Å². The number of carbonyl (C=O) groups excluding carboxylic acids is 1. The zero-order valence-electron chi connectivity index (χ0n) is 7.88. The number of esters is 1. The molecule has 0 aromatic heterocycles. The van der Waals surface area contributed by atoms with Crippen LogP contribution in [-0.2, 0) is 9.53 Å². The van der Waals surface area contributed by atoms with Gasteiger partial charge in [0.05, 0.1) is 6.61 Å². The van der Waals surface area contributed by atoms with Crippen LogP contribution in [-0.4, -0.2) is 25.2 Å². The predicted molar refractivity (Wildman–Crippen MR) is 42.5 cm³/mol. The molecule has 1 fully saturated rings. The Kier molecular flexibility index (Phi) is 8.13. The van der Waals surface area contributed by atoms with Crippen molar-refractivity contribution in [2.75, 3.05) is 13.2 Å². The quantitative estimate of drug-likeness (QED) is 0.396. The van der Waals surface area contributed by atoms with Gasteiger partial charge in [0.2, 0.25) is 0 Å². The zero-order chi connectivity index (χ0) is 8.10. The van der Waals surface area contributed by atoms with Gasteiger partial charge in [0.15, 0.2) is 0 Å². The summed E-state index contributed by atoms with van der Waals surface area (Å²) in [6, 6.07) is -0.163. The predicted octanol–water partition coefficient (Wildman–Crippen LogP) is -1.52. The van der Waals surface area contributed by atoms with E-state index in [1.165, 1.54) is 0 Å². The molecule has 0 bridgehead atoms. The van der Waals surface area contributed by atoms with Crippen LogP contribution in [0.25, 0.3) is 5.32 Å². The Morgan fingerprint density at radius 1 is 1.58 bits per heavy atom. The van der Waals surface area contributed by atoms with Gasteiger partial charge in [0.1, 0.15) is 0 Å². The van der Waals surface area contributed by atoms with Crippen molar-refractivity contribution in [3.05, 3.63) is 5.32 Å². The minimum atomic E-state index is -0.163. The average molecular weight is 195 g/mol. The van der Waals surface area contributed by atoms with Crippen molar-refractivity contribution in [1.29, 1.82) is 0 Å². The van der Waals surface area contributed by atoms with Gasteiger partial charge < -0.3 is 10.1 Å². The monoisotopic (exact) mass is 195 g/mol. The second kappa shape index (κ2) is 7.47. The van der Waals surface area contributed by atoms with E-state index in [9.17, 15) is 4.79 Å². The molecule has 3 nitrogen and oxygen atoms in total. The molecule has 0 N–H and O–H groups in total. The summed E-state index contributed by atoms with van der Waals surface area (Å²) in [5, 5.41) is 4.17. The van der Waals surface area contributed by atoms with E-state index >= 15 is 0 Å². The summed E-state index contributed by atoms with van der Waals surface area (Å²) in [6.07, 6.45) is 3.10. The van der Waals surface area contributed by atoms with E-state index in [-0.39, 0.29) is 63.4 Å². The van der Waals surface area contributed by atoms with Gasteiger partial charge in [-0.05, 0) is 13.0 Å². The summed E-state index contributed by atoms with van der Waals surface area (Å²) in [5.74, 6) is -0.146. The van der Waals surface area contributed by atoms with Crippen molar-refractivity contribution in [3.8, 4) is 0 Å². The molecule has 1 saturated heterocycles. The normalized spacial score (nSPS) is 22.6. The summed E-state index contributed by atoms with van der Waals surface area (Å²) in [7, 11) is 0. The van der Waals surface area contributed by atoms with E-state index in [1.54, 1.807) is 0 Å². The summed E-state index contributed by atoms with van der Waals surface area (Å²) in [4.78, 5) is 11.1. The zero-order valence-corrected chi connectivity index (χ0v) is 11.0. The Morgan fingerprint density at radius 2 is 2.33 bits per heavy atom. The van der Waals surface area contributed by atoms with E-state index in [0.717, 1.165) is 25.8 Å². The van der Waals surface area contributed by atoms with E-state index in [4.69, 9.17) is 4.74 Å². The number of hydrogen-bond donors (Lipinski definition) is 0. The summed E-state index contributed by atoms with van der Waals surface area (Å²) in [5.41, 5.74) is 0. The fourth-order valence-electron chi connectivity index (χ4n) is 1.22. The summed E-state index contributed by atoms with van der Waals surface area (Å²) >= 11 is 0. The van der Waals surface area contributed by atoms with Crippen LogP contribution in [0.2, 0.25) is 0 Å². The first kappa shape index (κ1) is 13.1. The third-order valence-electron chi connectivity index (χ3n) is 1.79. The summed E-state index contributed by atoms with van der Waals surface area (Å²) < 4.78 is 4.85. The molecular weight excluding hydrogens is 181 g/mol. The van der Waals surface area contributed by atoms with Crippen molar-refractivity contribution in [2.24, 2.45) is 0 Å². The number of hydrogen-bond acceptors (Lipinski definition) is 2. The number of carbonyl (C=O) groups is 1. The van der Waals surface area contributed by atoms with Crippen molar-refractivity contribution in [2.45, 2.75) is 32.2 Å². The number of ether oxygens (including phenoxy) is 1. The Balaban J connectivity index is 0.00000121. The average Bonchev–Trinajstić information content (AvgIpc) is 2.07. The first-order valence-electron chi connectivity index (χ1n) is 4.18. The van der Waals surface area contributed by atoms with E-state index < -0.39 is 0 Å². The van der Waals surface area contributed by atoms with Crippen LogP contribution >= 0.6 is 0 Å². The maximum Gasteiger partial charge on any atom is 1.00 e. The maximum atomic E-state index is 11.1. The van der Waals surface area contributed by atoms with E-state index in [1.807, 2.05) is 6.92 Å². The van der Waals surface area contributed by atoms with Crippen molar-refractivity contribution >= 4 is 5.97 Å². The Labute approximate surface area is 116 Å². The number of piperidine rings is 1. The molecule has 0 aromatic rings. The van der Waals surface area contributed by atoms with Crippen LogP contribution in [0.15, 0.2) is 0 Å². The molecule has 12 heavy (non-hydrogen) atoms. The summed E-state index contributed by atoms with van der Waals surface area (Å²) in [6.45, 7) is 3.11. The molecular formula is C8H14KNO2. The molecule has 0 amide bonds. The van der Waals surface area contributed by atoms with Crippen molar-refractivity contribution in [1.82, 2.24) is 0 Å². The number of nitrogens with zero attached hydrogens (tertiary/aromatic N) is 1. The first-order valence-corrected chi connectivity index (χ1v) is 4.18. The molecule has 0 aromatic carbocycles. The van der Waals surface area contributed by atoms with Gasteiger partial charge in [-0.15, -0.1) is 6.54 Å². The molecule has 1 unspecified atom stereocenters. The van der Waals surface area contributed by atoms with Gasteiger partial charge in [0.25, 0.3) is 5.97 Å². The van der Waals surface area contributed by atoms with Gasteiger partial charge in [-0.3, -0.25) is 4.79 Å². The molecule has 0 spiro atoms. The van der Waals surface area contributed by atoms with Gasteiger partial charge in [-0.25, -0.2) is 0 Å². The van der Waals surface area contributed by atoms with Crippen molar-refractivity contribution in [3.63, 3.8) is 0 Å². The smallest absolute Gasteiger partial charge is 0.650 e. The largest absolute Gasteiger partial charge is 1.00 e. The Bertz CT molecular complexity index is 135. The SMILES string of the molecule is CCOC(=O)C1CCCC[N-]1.[K+].